The van der Waals surface area contributed by atoms with Gasteiger partial charge in [0.25, 0.3) is 0 Å². The van der Waals surface area contributed by atoms with E-state index >= 15 is 0 Å². The third-order valence-electron chi connectivity index (χ3n) is 2.68. The number of hydrogen-bond acceptors (Lipinski definition) is 4. The SMILES string of the molecule is CC(CN)C(N)c1ccc(S(C)(=O)=O)cc1. The van der Waals surface area contributed by atoms with Crippen molar-refractivity contribution in [3.8, 4) is 0 Å². The van der Waals surface area contributed by atoms with Crippen molar-refractivity contribution in [2.45, 2.75) is 17.9 Å². The summed E-state index contributed by atoms with van der Waals surface area (Å²) in [5.41, 5.74) is 12.4. The maximum Gasteiger partial charge on any atom is 0.175 e. The van der Waals surface area contributed by atoms with Crippen LogP contribution in [0.5, 0.6) is 0 Å². The predicted octanol–water partition coefficient (Wildman–Crippen LogP) is 0.685. The molecule has 0 heterocycles. The normalized spacial score (nSPS) is 15.8. The summed E-state index contributed by atoms with van der Waals surface area (Å²) < 4.78 is 22.5. The zero-order valence-corrected chi connectivity index (χ0v) is 10.4. The molecule has 0 aliphatic rings. The van der Waals surface area contributed by atoms with E-state index in [2.05, 4.69) is 0 Å². The maximum absolute atomic E-state index is 11.3. The second-order valence-corrected chi connectivity index (χ2v) is 6.10. The first-order valence-corrected chi connectivity index (χ1v) is 7.01. The van der Waals surface area contributed by atoms with Gasteiger partial charge < -0.3 is 11.5 Å². The average Bonchev–Trinajstić information content (AvgIpc) is 2.26. The molecule has 0 saturated heterocycles. The standard InChI is InChI=1S/C11H18N2O2S/c1-8(7-12)11(13)9-3-5-10(6-4-9)16(2,14)15/h3-6,8,11H,7,12-13H2,1-2H3. The van der Waals surface area contributed by atoms with E-state index < -0.39 is 9.84 Å². The number of hydrogen-bond donors (Lipinski definition) is 2. The van der Waals surface area contributed by atoms with Gasteiger partial charge in [-0.15, -0.1) is 0 Å². The first-order chi connectivity index (χ1) is 7.36. The van der Waals surface area contributed by atoms with Gasteiger partial charge in [0.2, 0.25) is 0 Å². The number of nitrogens with two attached hydrogens (primary N) is 2. The molecule has 4 N–H and O–H groups in total. The molecule has 0 fully saturated rings. The fourth-order valence-corrected chi connectivity index (χ4v) is 2.04. The Morgan fingerprint density at radius 1 is 1.25 bits per heavy atom. The van der Waals surface area contributed by atoms with Gasteiger partial charge in [0.15, 0.2) is 9.84 Å². The van der Waals surface area contributed by atoms with E-state index in [0.29, 0.717) is 11.4 Å². The summed E-state index contributed by atoms with van der Waals surface area (Å²) in [6.45, 7) is 2.48. The average molecular weight is 242 g/mol. The van der Waals surface area contributed by atoms with Crippen LogP contribution in [0.1, 0.15) is 18.5 Å². The Bertz CT molecular complexity index is 440. The van der Waals surface area contributed by atoms with E-state index in [1.807, 2.05) is 6.92 Å². The molecule has 0 aliphatic heterocycles. The van der Waals surface area contributed by atoms with Crippen molar-refractivity contribution >= 4 is 9.84 Å². The predicted molar refractivity (Wildman–Crippen MR) is 64.7 cm³/mol. The van der Waals surface area contributed by atoms with Crippen LogP contribution >= 0.6 is 0 Å². The second-order valence-electron chi connectivity index (χ2n) is 4.08. The molecule has 16 heavy (non-hydrogen) atoms. The molecule has 2 atom stereocenters. The topological polar surface area (TPSA) is 86.2 Å². The minimum absolute atomic E-state index is 0.154. The summed E-state index contributed by atoms with van der Waals surface area (Å²) in [6.07, 6.45) is 1.18. The van der Waals surface area contributed by atoms with E-state index in [9.17, 15) is 8.42 Å². The largest absolute Gasteiger partial charge is 0.330 e. The van der Waals surface area contributed by atoms with Crippen molar-refractivity contribution in [3.05, 3.63) is 29.8 Å². The highest BCUT2D eigenvalue weighted by Gasteiger charge is 2.14. The molecular formula is C11H18N2O2S. The fourth-order valence-electron chi connectivity index (χ4n) is 1.41. The lowest BCUT2D eigenvalue weighted by Gasteiger charge is -2.18. The molecule has 1 aromatic carbocycles. The molecule has 0 aromatic heterocycles. The van der Waals surface area contributed by atoms with Crippen LogP contribution in [-0.4, -0.2) is 21.2 Å². The van der Waals surface area contributed by atoms with Gasteiger partial charge in [-0.25, -0.2) is 8.42 Å². The Labute approximate surface area is 96.6 Å². The number of sulfone groups is 1. The molecular weight excluding hydrogens is 224 g/mol. The molecule has 4 nitrogen and oxygen atoms in total. The first kappa shape index (κ1) is 13.2. The van der Waals surface area contributed by atoms with Crippen molar-refractivity contribution in [3.63, 3.8) is 0 Å². The van der Waals surface area contributed by atoms with Crippen molar-refractivity contribution in [2.24, 2.45) is 17.4 Å². The second kappa shape index (κ2) is 4.95. The molecule has 0 spiro atoms. The van der Waals surface area contributed by atoms with Crippen LogP contribution in [0.3, 0.4) is 0 Å². The van der Waals surface area contributed by atoms with E-state index in [0.717, 1.165) is 5.56 Å². The van der Waals surface area contributed by atoms with Gasteiger partial charge in [-0.05, 0) is 30.2 Å². The first-order valence-electron chi connectivity index (χ1n) is 5.12. The molecule has 0 radical (unpaired) electrons. The summed E-state index contributed by atoms with van der Waals surface area (Å²) in [7, 11) is -3.14. The van der Waals surface area contributed by atoms with Gasteiger partial charge >= 0.3 is 0 Å². The quantitative estimate of drug-likeness (QED) is 0.813. The molecule has 5 heteroatoms. The summed E-state index contributed by atoms with van der Waals surface area (Å²) >= 11 is 0. The number of rotatable bonds is 4. The zero-order chi connectivity index (χ0) is 12.3. The molecule has 0 bridgehead atoms. The lowest BCUT2D eigenvalue weighted by atomic mass is 9.96. The van der Waals surface area contributed by atoms with Crippen LogP contribution in [0.25, 0.3) is 0 Å². The highest BCUT2D eigenvalue weighted by atomic mass is 32.2. The summed E-state index contributed by atoms with van der Waals surface area (Å²) in [4.78, 5) is 0.309. The van der Waals surface area contributed by atoms with Crippen LogP contribution in [-0.2, 0) is 9.84 Å². The summed E-state index contributed by atoms with van der Waals surface area (Å²) in [5, 5.41) is 0. The molecule has 90 valence electrons. The Morgan fingerprint density at radius 2 is 1.75 bits per heavy atom. The smallest absolute Gasteiger partial charge is 0.175 e. The molecule has 2 unspecified atom stereocenters. The van der Waals surface area contributed by atoms with Gasteiger partial charge in [-0.2, -0.15) is 0 Å². The van der Waals surface area contributed by atoms with Gasteiger partial charge in [0.05, 0.1) is 4.90 Å². The Hall–Kier alpha value is -0.910. The molecule has 0 amide bonds. The number of benzene rings is 1. The van der Waals surface area contributed by atoms with Crippen LogP contribution < -0.4 is 11.5 Å². The van der Waals surface area contributed by atoms with Gasteiger partial charge in [-0.1, -0.05) is 19.1 Å². The summed E-state index contributed by atoms with van der Waals surface area (Å²) in [5.74, 6) is 0.170. The Morgan fingerprint density at radius 3 is 2.12 bits per heavy atom. The third-order valence-corrected chi connectivity index (χ3v) is 3.81. The van der Waals surface area contributed by atoms with Gasteiger partial charge in [0.1, 0.15) is 0 Å². The van der Waals surface area contributed by atoms with Crippen LogP contribution in [0, 0.1) is 5.92 Å². The van der Waals surface area contributed by atoms with Crippen molar-refractivity contribution < 1.29 is 8.42 Å². The maximum atomic E-state index is 11.3. The van der Waals surface area contributed by atoms with Gasteiger partial charge in [-0.3, -0.25) is 0 Å². The molecule has 1 aromatic rings. The highest BCUT2D eigenvalue weighted by molar-refractivity contribution is 7.90. The van der Waals surface area contributed by atoms with Crippen LogP contribution in [0.2, 0.25) is 0 Å². The zero-order valence-electron chi connectivity index (χ0n) is 9.55. The van der Waals surface area contributed by atoms with Crippen LogP contribution in [0.4, 0.5) is 0 Å². The Balaban J connectivity index is 2.96. The fraction of sp³-hybridized carbons (Fsp3) is 0.455. The monoisotopic (exact) mass is 242 g/mol. The highest BCUT2D eigenvalue weighted by Crippen LogP contribution is 2.20. The van der Waals surface area contributed by atoms with Crippen molar-refractivity contribution in [2.75, 3.05) is 12.8 Å². The lowest BCUT2D eigenvalue weighted by molar-refractivity contribution is 0.481. The Kier molecular flexibility index (Phi) is 4.07. The molecule has 0 aliphatic carbocycles. The minimum Gasteiger partial charge on any atom is -0.330 e. The summed E-state index contributed by atoms with van der Waals surface area (Å²) in [6, 6.07) is 6.49. The van der Waals surface area contributed by atoms with E-state index in [1.165, 1.54) is 6.26 Å². The minimum atomic E-state index is -3.14. The third kappa shape index (κ3) is 3.04. The van der Waals surface area contributed by atoms with E-state index in [4.69, 9.17) is 11.5 Å². The van der Waals surface area contributed by atoms with E-state index in [-0.39, 0.29) is 12.0 Å². The lowest BCUT2D eigenvalue weighted by Crippen LogP contribution is -2.25. The molecule has 0 saturated carbocycles. The van der Waals surface area contributed by atoms with E-state index in [1.54, 1.807) is 24.3 Å². The molecule has 1 rings (SSSR count). The van der Waals surface area contributed by atoms with Crippen molar-refractivity contribution in [1.29, 1.82) is 0 Å². The van der Waals surface area contributed by atoms with Gasteiger partial charge in [0, 0.05) is 12.3 Å². The van der Waals surface area contributed by atoms with Crippen molar-refractivity contribution in [1.82, 2.24) is 0 Å². The van der Waals surface area contributed by atoms with Crippen LogP contribution in [0.15, 0.2) is 29.2 Å².